The van der Waals surface area contributed by atoms with Crippen molar-refractivity contribution in [2.75, 3.05) is 19.1 Å². The number of hydrogen-bond acceptors (Lipinski definition) is 7. The molecule has 0 radical (unpaired) electrons. The molecule has 1 heterocycles. The Morgan fingerprint density at radius 1 is 0.950 bits per heavy atom. The highest BCUT2D eigenvalue weighted by Gasteiger charge is 2.51. The first-order valence-corrected chi connectivity index (χ1v) is 12.9. The van der Waals surface area contributed by atoms with Crippen LogP contribution in [-0.4, -0.2) is 31.9 Å². The van der Waals surface area contributed by atoms with E-state index in [0.717, 1.165) is 5.56 Å². The van der Waals surface area contributed by atoms with E-state index < -0.39 is 41.3 Å². The lowest BCUT2D eigenvalue weighted by Crippen LogP contribution is -2.46. The molecule has 3 atom stereocenters. The third-order valence-electron chi connectivity index (χ3n) is 7.39. The monoisotopic (exact) mass is 560 g/mol. The molecule has 5 rings (SSSR count). The normalized spacial score (nSPS) is 20.8. The van der Waals surface area contributed by atoms with E-state index in [4.69, 9.17) is 26.8 Å². The summed E-state index contributed by atoms with van der Waals surface area (Å²) >= 11 is 6.33. The van der Waals surface area contributed by atoms with Gasteiger partial charge in [-0.3, -0.25) is 14.5 Å². The number of Topliss-reactive ketones (excluding diaryl/α,β-unsaturated/α-hetero) is 1. The van der Waals surface area contributed by atoms with Crippen molar-refractivity contribution >= 4 is 35.0 Å². The van der Waals surface area contributed by atoms with Gasteiger partial charge in [-0.15, -0.1) is 0 Å². The van der Waals surface area contributed by atoms with Gasteiger partial charge >= 0.3 is 11.9 Å². The summed E-state index contributed by atoms with van der Waals surface area (Å²) in [5.74, 6) is -5.13. The largest absolute Gasteiger partial charge is 0.468 e. The fraction of sp³-hybridized carbons (Fsp3) is 0.194. The van der Waals surface area contributed by atoms with Gasteiger partial charge in [-0.25, -0.2) is 9.18 Å². The number of allylic oxidation sites excluding steroid dienone is 2. The molecule has 40 heavy (non-hydrogen) atoms. The maximum atomic E-state index is 14.5. The van der Waals surface area contributed by atoms with Crippen LogP contribution >= 0.6 is 11.6 Å². The highest BCUT2D eigenvalue weighted by molar-refractivity contribution is 6.30. The zero-order chi connectivity index (χ0) is 28.6. The highest BCUT2D eigenvalue weighted by Crippen LogP contribution is 2.51. The summed E-state index contributed by atoms with van der Waals surface area (Å²) in [4.78, 5) is 42.6. The van der Waals surface area contributed by atoms with Crippen LogP contribution in [0.1, 0.15) is 29.4 Å². The minimum absolute atomic E-state index is 0.00275. The second-order valence-corrected chi connectivity index (χ2v) is 9.97. The molecule has 3 aromatic rings. The Hall–Kier alpha value is -4.43. The van der Waals surface area contributed by atoms with Gasteiger partial charge in [0.05, 0.1) is 25.7 Å². The van der Waals surface area contributed by atoms with Gasteiger partial charge in [0.15, 0.2) is 5.78 Å². The summed E-state index contributed by atoms with van der Waals surface area (Å²) in [7, 11) is 2.45. The second-order valence-electron chi connectivity index (χ2n) is 9.54. The molecule has 0 aromatic heterocycles. The average molecular weight is 561 g/mol. The molecule has 2 N–H and O–H groups in total. The number of carbonyl (C=O) groups excluding carboxylic acids is 3. The Kier molecular flexibility index (Phi) is 7.45. The molecule has 1 aliphatic heterocycles. The number of methoxy groups -OCH3 is 2. The Morgan fingerprint density at radius 3 is 2.25 bits per heavy atom. The third kappa shape index (κ3) is 4.64. The van der Waals surface area contributed by atoms with Crippen molar-refractivity contribution in [3.8, 4) is 0 Å². The Labute approximate surface area is 235 Å². The Morgan fingerprint density at radius 2 is 1.62 bits per heavy atom. The van der Waals surface area contributed by atoms with Crippen LogP contribution in [0.15, 0.2) is 102 Å². The number of esters is 2. The van der Waals surface area contributed by atoms with Crippen molar-refractivity contribution in [1.82, 2.24) is 0 Å². The van der Waals surface area contributed by atoms with Crippen LogP contribution in [-0.2, 0) is 23.9 Å². The Bertz CT molecular complexity index is 1550. The molecular weight excluding hydrogens is 535 g/mol. The van der Waals surface area contributed by atoms with Gasteiger partial charge < -0.3 is 15.2 Å². The van der Waals surface area contributed by atoms with Crippen molar-refractivity contribution in [3.05, 3.63) is 123 Å². The standard InChI is InChI=1S/C31H26ClFN2O5/c1-39-30(37)25-22(17-7-4-3-5-8-17)16-23-26(28(25)36)24(18-9-6-10-19(32)15-18)27(31(38)40-2)29(34)35(23)21-13-11-20(33)12-14-21/h3-15,22,24-25H,16,34H2,1-2H3/t22-,24-,25-/m0/s1. The van der Waals surface area contributed by atoms with E-state index >= 15 is 0 Å². The first kappa shape index (κ1) is 27.1. The van der Waals surface area contributed by atoms with Crippen molar-refractivity contribution in [2.45, 2.75) is 18.3 Å². The molecule has 1 aliphatic carbocycles. The number of rotatable bonds is 5. The minimum Gasteiger partial charge on any atom is -0.468 e. The fourth-order valence-electron chi connectivity index (χ4n) is 5.65. The molecule has 2 aliphatic rings. The summed E-state index contributed by atoms with van der Waals surface area (Å²) in [6, 6.07) is 21.5. The summed E-state index contributed by atoms with van der Waals surface area (Å²) in [5.41, 5.74) is 9.15. The molecule has 0 fully saturated rings. The molecule has 0 spiro atoms. The fourth-order valence-corrected chi connectivity index (χ4v) is 5.85. The van der Waals surface area contributed by atoms with Crippen molar-refractivity contribution in [3.63, 3.8) is 0 Å². The number of halogens is 2. The van der Waals surface area contributed by atoms with E-state index in [1.807, 2.05) is 30.3 Å². The number of hydrogen-bond donors (Lipinski definition) is 1. The lowest BCUT2D eigenvalue weighted by atomic mass is 9.67. The average Bonchev–Trinajstić information content (AvgIpc) is 2.96. The molecule has 0 saturated carbocycles. The number of nitrogens with two attached hydrogens (primary N) is 1. The van der Waals surface area contributed by atoms with E-state index in [0.29, 0.717) is 22.0 Å². The number of anilines is 1. The molecular formula is C31H26ClFN2O5. The van der Waals surface area contributed by atoms with Crippen LogP contribution < -0.4 is 10.6 Å². The topological polar surface area (TPSA) is 98.9 Å². The van der Waals surface area contributed by atoms with Gasteiger partial charge in [0.1, 0.15) is 17.6 Å². The van der Waals surface area contributed by atoms with Gasteiger partial charge in [-0.2, -0.15) is 0 Å². The predicted octanol–water partition coefficient (Wildman–Crippen LogP) is 5.23. The van der Waals surface area contributed by atoms with Crippen molar-refractivity contribution in [2.24, 2.45) is 11.7 Å². The van der Waals surface area contributed by atoms with Gasteiger partial charge in [0.25, 0.3) is 0 Å². The Balaban J connectivity index is 1.83. The minimum atomic E-state index is -1.18. The van der Waals surface area contributed by atoms with Gasteiger partial charge in [-0.05, 0) is 53.9 Å². The number of ether oxygens (including phenoxy) is 2. The van der Waals surface area contributed by atoms with E-state index in [1.165, 1.54) is 38.5 Å². The van der Waals surface area contributed by atoms with Crippen LogP contribution in [0.5, 0.6) is 0 Å². The highest BCUT2D eigenvalue weighted by atomic mass is 35.5. The van der Waals surface area contributed by atoms with Crippen molar-refractivity contribution < 1.29 is 28.2 Å². The lowest BCUT2D eigenvalue weighted by Gasteiger charge is -2.44. The molecule has 204 valence electrons. The summed E-state index contributed by atoms with van der Waals surface area (Å²) < 4.78 is 24.2. The smallest absolute Gasteiger partial charge is 0.338 e. The van der Waals surface area contributed by atoms with Crippen LogP contribution in [0.4, 0.5) is 10.1 Å². The quantitative estimate of drug-likeness (QED) is 0.337. The molecule has 7 nitrogen and oxygen atoms in total. The van der Waals surface area contributed by atoms with Crippen LogP contribution in [0, 0.1) is 11.7 Å². The molecule has 0 saturated heterocycles. The first-order chi connectivity index (χ1) is 19.3. The third-order valence-corrected chi connectivity index (χ3v) is 7.63. The molecule has 9 heteroatoms. The molecule has 0 bridgehead atoms. The van der Waals surface area contributed by atoms with Gasteiger partial charge in [-0.1, -0.05) is 54.1 Å². The maximum absolute atomic E-state index is 14.5. The SMILES string of the molecule is COC(=O)C1=C(N)N(c2ccc(F)cc2)C2=C(C(=O)[C@@H](C(=O)OC)[C@H](c3ccccc3)C2)[C@@H]1c1cccc(Cl)c1. The van der Waals surface area contributed by atoms with E-state index in [-0.39, 0.29) is 23.4 Å². The van der Waals surface area contributed by atoms with Gasteiger partial charge in [0.2, 0.25) is 0 Å². The van der Waals surface area contributed by atoms with Gasteiger partial charge in [0, 0.05) is 27.9 Å². The first-order valence-electron chi connectivity index (χ1n) is 12.6. The summed E-state index contributed by atoms with van der Waals surface area (Å²) in [5, 5.41) is 0.387. The summed E-state index contributed by atoms with van der Waals surface area (Å²) in [6.45, 7) is 0. The molecule has 0 unspecified atom stereocenters. The number of ketones is 1. The number of carbonyl (C=O) groups is 3. The van der Waals surface area contributed by atoms with E-state index in [9.17, 15) is 18.8 Å². The summed E-state index contributed by atoms with van der Waals surface area (Å²) in [6.07, 6.45) is 0.203. The van der Waals surface area contributed by atoms with Crippen LogP contribution in [0.3, 0.4) is 0 Å². The lowest BCUT2D eigenvalue weighted by molar-refractivity contribution is -0.150. The van der Waals surface area contributed by atoms with Crippen LogP contribution in [0.2, 0.25) is 5.02 Å². The number of nitrogens with zero attached hydrogens (tertiary/aromatic N) is 1. The van der Waals surface area contributed by atoms with E-state index in [2.05, 4.69) is 0 Å². The van der Waals surface area contributed by atoms with E-state index in [1.54, 1.807) is 29.2 Å². The predicted molar refractivity (Wildman–Crippen MR) is 148 cm³/mol. The maximum Gasteiger partial charge on any atom is 0.338 e. The second kappa shape index (κ2) is 11.0. The van der Waals surface area contributed by atoms with Crippen molar-refractivity contribution in [1.29, 1.82) is 0 Å². The zero-order valence-electron chi connectivity index (χ0n) is 21.8. The molecule has 0 amide bonds. The van der Waals surface area contributed by atoms with Crippen LogP contribution in [0.25, 0.3) is 0 Å². The zero-order valence-corrected chi connectivity index (χ0v) is 22.5. The number of benzene rings is 3. The molecule has 3 aromatic carbocycles.